The minimum atomic E-state index is -4.84. The number of nitrogens with zero attached hydrogens (tertiary/aromatic N) is 1. The van der Waals surface area contributed by atoms with Crippen molar-refractivity contribution in [3.05, 3.63) is 29.8 Å². The predicted octanol–water partition coefficient (Wildman–Crippen LogP) is 1.87. The van der Waals surface area contributed by atoms with Crippen LogP contribution in [0.25, 0.3) is 0 Å². The number of hydrogen-bond donors (Lipinski definition) is 1. The van der Waals surface area contributed by atoms with E-state index in [1.807, 2.05) is 0 Å². The van der Waals surface area contributed by atoms with Crippen molar-refractivity contribution in [2.45, 2.75) is 18.2 Å². The van der Waals surface area contributed by atoms with Gasteiger partial charge < -0.3 is 14.7 Å². The standard InChI is InChI=1S/C13H12F5NO3/c14-8-1-2-10(9(15)5-8)22-6-11(20)19-4-3-12(21,7-19)13(16,17)18/h1-2,5,21H,3-4,6-7H2/t12-/m1/s1. The van der Waals surface area contributed by atoms with Crippen LogP contribution in [-0.2, 0) is 4.79 Å². The minimum Gasteiger partial charge on any atom is -0.481 e. The van der Waals surface area contributed by atoms with Crippen LogP contribution in [0, 0.1) is 11.6 Å². The molecule has 4 nitrogen and oxygen atoms in total. The van der Waals surface area contributed by atoms with Gasteiger partial charge in [0.25, 0.3) is 5.91 Å². The van der Waals surface area contributed by atoms with E-state index in [1.165, 1.54) is 0 Å². The zero-order valence-electron chi connectivity index (χ0n) is 11.2. The number of β-amino-alcohol motifs (C(OH)–C–C–N with tert-alkyl or cyclic N) is 1. The van der Waals surface area contributed by atoms with Crippen LogP contribution in [0.1, 0.15) is 6.42 Å². The molecule has 1 fully saturated rings. The van der Waals surface area contributed by atoms with E-state index in [0.29, 0.717) is 6.07 Å². The second-order valence-electron chi connectivity index (χ2n) is 4.96. The average molecular weight is 325 g/mol. The molecule has 1 atom stereocenters. The maximum absolute atomic E-state index is 13.3. The van der Waals surface area contributed by atoms with Crippen LogP contribution in [0.2, 0.25) is 0 Å². The molecule has 1 aliphatic rings. The van der Waals surface area contributed by atoms with Crippen molar-refractivity contribution in [2.24, 2.45) is 0 Å². The van der Waals surface area contributed by atoms with Crippen LogP contribution in [0.4, 0.5) is 22.0 Å². The van der Waals surface area contributed by atoms with Gasteiger partial charge in [-0.3, -0.25) is 4.79 Å². The van der Waals surface area contributed by atoms with Gasteiger partial charge in [-0.25, -0.2) is 8.78 Å². The molecule has 22 heavy (non-hydrogen) atoms. The highest BCUT2D eigenvalue weighted by atomic mass is 19.4. The second kappa shape index (κ2) is 5.71. The normalized spacial score (nSPS) is 22.0. The van der Waals surface area contributed by atoms with Gasteiger partial charge in [-0.2, -0.15) is 13.2 Å². The fraction of sp³-hybridized carbons (Fsp3) is 0.462. The summed E-state index contributed by atoms with van der Waals surface area (Å²) in [5.74, 6) is -3.07. The van der Waals surface area contributed by atoms with Gasteiger partial charge in [-0.15, -0.1) is 0 Å². The lowest BCUT2D eigenvalue weighted by Gasteiger charge is -2.25. The van der Waals surface area contributed by atoms with Crippen LogP contribution in [-0.4, -0.2) is 47.4 Å². The van der Waals surface area contributed by atoms with Crippen molar-refractivity contribution in [1.29, 1.82) is 0 Å². The lowest BCUT2D eigenvalue weighted by molar-refractivity contribution is -0.253. The molecule has 0 aliphatic carbocycles. The molecule has 1 heterocycles. The van der Waals surface area contributed by atoms with E-state index in [-0.39, 0.29) is 12.3 Å². The van der Waals surface area contributed by atoms with Gasteiger partial charge in [0, 0.05) is 19.0 Å². The highest BCUT2D eigenvalue weighted by Gasteiger charge is 2.57. The fourth-order valence-corrected chi connectivity index (χ4v) is 2.06. The SMILES string of the molecule is O=C(COc1ccc(F)cc1F)N1CC[C@](O)(C(F)(F)F)C1. The Morgan fingerprint density at radius 1 is 1.36 bits per heavy atom. The van der Waals surface area contributed by atoms with Gasteiger partial charge in [0.2, 0.25) is 0 Å². The summed E-state index contributed by atoms with van der Waals surface area (Å²) in [4.78, 5) is 12.5. The number of amides is 1. The smallest absolute Gasteiger partial charge is 0.419 e. The summed E-state index contributed by atoms with van der Waals surface area (Å²) in [6.45, 7) is -1.90. The molecule has 0 saturated carbocycles. The number of benzene rings is 1. The van der Waals surface area contributed by atoms with Crippen molar-refractivity contribution in [3.63, 3.8) is 0 Å². The molecule has 2 rings (SSSR count). The Bertz CT molecular complexity index is 577. The van der Waals surface area contributed by atoms with Crippen LogP contribution in [0.3, 0.4) is 0 Å². The third-order valence-electron chi connectivity index (χ3n) is 3.37. The Labute approximate surface area is 122 Å². The first kappa shape index (κ1) is 16.5. The third-order valence-corrected chi connectivity index (χ3v) is 3.37. The van der Waals surface area contributed by atoms with Gasteiger partial charge >= 0.3 is 6.18 Å². The van der Waals surface area contributed by atoms with Crippen molar-refractivity contribution >= 4 is 5.91 Å². The zero-order chi connectivity index (χ0) is 16.5. The number of ether oxygens (including phenoxy) is 1. The van der Waals surface area contributed by atoms with Crippen LogP contribution in [0.15, 0.2) is 18.2 Å². The summed E-state index contributed by atoms with van der Waals surface area (Å²) >= 11 is 0. The Hall–Kier alpha value is -1.90. The van der Waals surface area contributed by atoms with Gasteiger partial charge in [0.15, 0.2) is 23.8 Å². The van der Waals surface area contributed by atoms with Crippen molar-refractivity contribution in [2.75, 3.05) is 19.7 Å². The van der Waals surface area contributed by atoms with E-state index >= 15 is 0 Å². The number of aliphatic hydroxyl groups is 1. The molecule has 9 heteroatoms. The van der Waals surface area contributed by atoms with Crippen molar-refractivity contribution < 1.29 is 36.6 Å². The first-order valence-electron chi connectivity index (χ1n) is 6.27. The van der Waals surface area contributed by atoms with Crippen LogP contribution >= 0.6 is 0 Å². The highest BCUT2D eigenvalue weighted by Crippen LogP contribution is 2.37. The van der Waals surface area contributed by atoms with Gasteiger partial charge in [0.05, 0.1) is 6.54 Å². The van der Waals surface area contributed by atoms with Gasteiger partial charge in [-0.05, 0) is 12.1 Å². The summed E-state index contributed by atoms with van der Waals surface area (Å²) in [5.41, 5.74) is -2.94. The number of halogens is 5. The number of alkyl halides is 3. The first-order valence-corrected chi connectivity index (χ1v) is 6.27. The summed E-state index contributed by atoms with van der Waals surface area (Å²) < 4.78 is 68.6. The largest absolute Gasteiger partial charge is 0.481 e. The van der Waals surface area contributed by atoms with E-state index in [9.17, 15) is 31.9 Å². The Morgan fingerprint density at radius 2 is 2.05 bits per heavy atom. The predicted molar refractivity (Wildman–Crippen MR) is 64.1 cm³/mol. The highest BCUT2D eigenvalue weighted by molar-refractivity contribution is 5.78. The molecule has 1 aromatic rings. The monoisotopic (exact) mass is 325 g/mol. The summed E-state index contributed by atoms with van der Waals surface area (Å²) in [5, 5.41) is 9.45. The topological polar surface area (TPSA) is 49.8 Å². The Kier molecular flexibility index (Phi) is 4.28. The maximum Gasteiger partial charge on any atom is 0.419 e. The van der Waals surface area contributed by atoms with E-state index in [0.717, 1.165) is 17.0 Å². The summed E-state index contributed by atoms with van der Waals surface area (Å²) in [7, 11) is 0. The average Bonchev–Trinajstić information content (AvgIpc) is 2.81. The Morgan fingerprint density at radius 3 is 2.59 bits per heavy atom. The number of carbonyl (C=O) groups is 1. The lowest BCUT2D eigenvalue weighted by Crippen LogP contribution is -2.48. The summed E-state index contributed by atoms with van der Waals surface area (Å²) in [6.07, 6.45) is -5.47. The van der Waals surface area contributed by atoms with E-state index in [2.05, 4.69) is 0 Å². The quantitative estimate of drug-likeness (QED) is 0.863. The molecular formula is C13H12F5NO3. The number of likely N-dealkylation sites (tertiary alicyclic amines) is 1. The molecule has 1 aromatic carbocycles. The molecule has 0 radical (unpaired) electrons. The Balaban J connectivity index is 1.94. The molecular weight excluding hydrogens is 313 g/mol. The molecule has 1 saturated heterocycles. The third kappa shape index (κ3) is 3.29. The van der Waals surface area contributed by atoms with Gasteiger partial charge in [0.1, 0.15) is 5.82 Å². The van der Waals surface area contributed by atoms with Crippen LogP contribution in [0.5, 0.6) is 5.75 Å². The minimum absolute atomic E-state index is 0.288. The fourth-order valence-electron chi connectivity index (χ4n) is 2.06. The van der Waals surface area contributed by atoms with Crippen molar-refractivity contribution in [1.82, 2.24) is 4.90 Å². The molecule has 0 unspecified atom stereocenters. The molecule has 0 spiro atoms. The van der Waals surface area contributed by atoms with Crippen molar-refractivity contribution in [3.8, 4) is 5.75 Å². The first-order chi connectivity index (χ1) is 10.1. The van der Waals surface area contributed by atoms with E-state index in [4.69, 9.17) is 4.74 Å². The molecule has 1 aliphatic heterocycles. The zero-order valence-corrected chi connectivity index (χ0v) is 11.2. The number of hydrogen-bond acceptors (Lipinski definition) is 3. The van der Waals surface area contributed by atoms with E-state index < -0.39 is 48.9 Å². The van der Waals surface area contributed by atoms with Crippen LogP contribution < -0.4 is 4.74 Å². The maximum atomic E-state index is 13.3. The van der Waals surface area contributed by atoms with Gasteiger partial charge in [-0.1, -0.05) is 0 Å². The molecule has 1 amide bonds. The van der Waals surface area contributed by atoms with E-state index in [1.54, 1.807) is 0 Å². The second-order valence-corrected chi connectivity index (χ2v) is 4.96. The molecule has 1 N–H and O–H groups in total. The molecule has 0 bridgehead atoms. The molecule has 0 aromatic heterocycles. The molecule has 122 valence electrons. The summed E-state index contributed by atoms with van der Waals surface area (Å²) in [6, 6.07) is 2.44. The number of carbonyl (C=O) groups excluding carboxylic acids is 1. The lowest BCUT2D eigenvalue weighted by atomic mass is 10.0. The number of rotatable bonds is 3.